The number of rotatable bonds is 10. The summed E-state index contributed by atoms with van der Waals surface area (Å²) in [7, 11) is 0.167. The molecule has 0 heterocycles. The first kappa shape index (κ1) is 17.6. The van der Waals surface area contributed by atoms with Gasteiger partial charge in [-0.15, -0.1) is 0 Å². The molecule has 0 saturated heterocycles. The van der Waals surface area contributed by atoms with Crippen molar-refractivity contribution in [2.45, 2.75) is 45.4 Å². The molecule has 5 heteroatoms. The predicted molar refractivity (Wildman–Crippen MR) is 75.9 cm³/mol. The maximum atomic E-state index is 10.5. The Balaban J connectivity index is 3.77. The Hall–Kier alpha value is -0.390. The standard InChI is InChI=1S/C13H27NO3S/c1-4-5-6-7-8-9-11-14(2,3)12-10-13-18(15,16)17/h10,13H,4-9,11-12H2,1-3H3/p+1. The molecule has 0 aliphatic carbocycles. The summed E-state index contributed by atoms with van der Waals surface area (Å²) in [6.45, 7) is 3.86. The van der Waals surface area contributed by atoms with Crippen molar-refractivity contribution in [2.75, 3.05) is 27.2 Å². The summed E-state index contributed by atoms with van der Waals surface area (Å²) in [5.41, 5.74) is 0. The number of nitrogens with zero attached hydrogens (tertiary/aromatic N) is 1. The second-order valence-electron chi connectivity index (χ2n) is 5.50. The third-order valence-corrected chi connectivity index (χ3v) is 3.52. The lowest BCUT2D eigenvalue weighted by Gasteiger charge is -2.28. The van der Waals surface area contributed by atoms with Crippen LogP contribution in [0.2, 0.25) is 0 Å². The van der Waals surface area contributed by atoms with Crippen LogP contribution in [-0.4, -0.2) is 44.6 Å². The third-order valence-electron chi connectivity index (χ3n) is 2.98. The molecule has 108 valence electrons. The van der Waals surface area contributed by atoms with Crippen LogP contribution in [0.25, 0.3) is 0 Å². The van der Waals surface area contributed by atoms with Crippen molar-refractivity contribution in [1.82, 2.24) is 0 Å². The average molecular weight is 278 g/mol. The highest BCUT2D eigenvalue weighted by molar-refractivity contribution is 7.88. The number of hydrogen-bond donors (Lipinski definition) is 1. The number of likely N-dealkylation sites (N-methyl/N-ethyl adjacent to an activating group) is 1. The Morgan fingerprint density at radius 2 is 1.61 bits per heavy atom. The highest BCUT2D eigenvalue weighted by Crippen LogP contribution is 2.08. The van der Waals surface area contributed by atoms with Crippen LogP contribution in [0.4, 0.5) is 0 Å². The van der Waals surface area contributed by atoms with Gasteiger partial charge in [0.1, 0.15) is 0 Å². The van der Waals surface area contributed by atoms with Crippen LogP contribution >= 0.6 is 0 Å². The van der Waals surface area contributed by atoms with Gasteiger partial charge in [-0.25, -0.2) is 0 Å². The molecule has 0 aliphatic heterocycles. The van der Waals surface area contributed by atoms with Gasteiger partial charge in [0.2, 0.25) is 0 Å². The van der Waals surface area contributed by atoms with Crippen LogP contribution < -0.4 is 0 Å². The first-order valence-electron chi connectivity index (χ1n) is 6.73. The van der Waals surface area contributed by atoms with E-state index in [1.807, 2.05) is 0 Å². The highest BCUT2D eigenvalue weighted by atomic mass is 32.2. The van der Waals surface area contributed by atoms with Gasteiger partial charge in [-0.2, -0.15) is 8.42 Å². The monoisotopic (exact) mass is 278 g/mol. The molecule has 0 unspecified atom stereocenters. The number of quaternary nitrogens is 1. The Kier molecular flexibility index (Phi) is 8.48. The van der Waals surface area contributed by atoms with Crippen molar-refractivity contribution < 1.29 is 17.5 Å². The van der Waals surface area contributed by atoms with E-state index in [9.17, 15) is 8.42 Å². The van der Waals surface area contributed by atoms with Gasteiger partial charge in [-0.05, 0) is 18.9 Å². The minimum Gasteiger partial charge on any atom is -0.325 e. The van der Waals surface area contributed by atoms with E-state index < -0.39 is 10.1 Å². The smallest absolute Gasteiger partial charge is 0.287 e. The zero-order valence-electron chi connectivity index (χ0n) is 11.9. The lowest BCUT2D eigenvalue weighted by molar-refractivity contribution is -0.884. The topological polar surface area (TPSA) is 54.4 Å². The van der Waals surface area contributed by atoms with Crippen LogP contribution in [-0.2, 0) is 10.1 Å². The van der Waals surface area contributed by atoms with Crippen molar-refractivity contribution in [3.05, 3.63) is 11.5 Å². The van der Waals surface area contributed by atoms with Crippen LogP contribution in [0.1, 0.15) is 45.4 Å². The van der Waals surface area contributed by atoms with Crippen molar-refractivity contribution in [2.24, 2.45) is 0 Å². The summed E-state index contributed by atoms with van der Waals surface area (Å²) in [6.07, 6.45) is 9.10. The Bertz CT molecular complexity index is 334. The van der Waals surface area contributed by atoms with Crippen LogP contribution in [0.3, 0.4) is 0 Å². The Morgan fingerprint density at radius 1 is 1.06 bits per heavy atom. The van der Waals surface area contributed by atoms with Gasteiger partial charge in [-0.1, -0.05) is 32.6 Å². The lowest BCUT2D eigenvalue weighted by atomic mass is 10.1. The quantitative estimate of drug-likeness (QED) is 0.380. The maximum absolute atomic E-state index is 10.5. The van der Waals surface area contributed by atoms with Crippen molar-refractivity contribution in [3.63, 3.8) is 0 Å². The normalized spacial score (nSPS) is 13.3. The van der Waals surface area contributed by atoms with Gasteiger partial charge in [0.05, 0.1) is 32.6 Å². The summed E-state index contributed by atoms with van der Waals surface area (Å²) in [6, 6.07) is 0. The fraction of sp³-hybridized carbons (Fsp3) is 0.846. The zero-order valence-corrected chi connectivity index (χ0v) is 12.7. The van der Waals surface area contributed by atoms with Crippen LogP contribution in [0.5, 0.6) is 0 Å². The molecule has 0 aromatic heterocycles. The summed E-state index contributed by atoms with van der Waals surface area (Å²) in [5.74, 6) is 0. The average Bonchev–Trinajstić information content (AvgIpc) is 2.21. The molecule has 0 amide bonds. The predicted octanol–water partition coefficient (Wildman–Crippen LogP) is 2.82. The summed E-state index contributed by atoms with van der Waals surface area (Å²) < 4.78 is 30.4. The SMILES string of the molecule is CCCCCCCC[N+](C)(C)CC=CS(=O)(=O)O. The summed E-state index contributed by atoms with van der Waals surface area (Å²) in [4.78, 5) is 0. The fourth-order valence-electron chi connectivity index (χ4n) is 1.86. The van der Waals surface area contributed by atoms with Crippen molar-refractivity contribution in [3.8, 4) is 0 Å². The van der Waals surface area contributed by atoms with Crippen LogP contribution in [0.15, 0.2) is 11.5 Å². The van der Waals surface area contributed by atoms with E-state index in [0.29, 0.717) is 6.54 Å². The third kappa shape index (κ3) is 12.1. The van der Waals surface area contributed by atoms with Gasteiger partial charge < -0.3 is 4.48 Å². The van der Waals surface area contributed by atoms with Crippen molar-refractivity contribution in [1.29, 1.82) is 0 Å². The van der Waals surface area contributed by atoms with Crippen molar-refractivity contribution >= 4 is 10.1 Å². The molecule has 4 nitrogen and oxygen atoms in total. The van der Waals surface area contributed by atoms with E-state index in [1.165, 1.54) is 38.2 Å². The van der Waals surface area contributed by atoms with Crippen LogP contribution in [0, 0.1) is 0 Å². The van der Waals surface area contributed by atoms with E-state index in [4.69, 9.17) is 4.55 Å². The lowest BCUT2D eigenvalue weighted by Crippen LogP contribution is -2.40. The molecule has 1 N–H and O–H groups in total. The van der Waals surface area contributed by atoms with Gasteiger partial charge >= 0.3 is 0 Å². The molecule has 0 saturated carbocycles. The highest BCUT2D eigenvalue weighted by Gasteiger charge is 2.12. The first-order valence-corrected chi connectivity index (χ1v) is 8.23. The molecule has 0 aromatic carbocycles. The molecule has 0 bridgehead atoms. The largest absolute Gasteiger partial charge is 0.325 e. The van der Waals surface area contributed by atoms with E-state index in [0.717, 1.165) is 22.9 Å². The molecule has 0 atom stereocenters. The molecule has 0 aliphatic rings. The van der Waals surface area contributed by atoms with E-state index in [2.05, 4.69) is 21.0 Å². The molecule has 0 rings (SSSR count). The van der Waals surface area contributed by atoms with E-state index in [-0.39, 0.29) is 0 Å². The molecule has 0 fully saturated rings. The second kappa shape index (κ2) is 8.67. The minimum absolute atomic E-state index is 0.620. The molecular weight excluding hydrogens is 250 g/mol. The van der Waals surface area contributed by atoms with Gasteiger partial charge in [0.15, 0.2) is 0 Å². The van der Waals surface area contributed by atoms with Gasteiger partial charge in [0, 0.05) is 0 Å². The molecule has 18 heavy (non-hydrogen) atoms. The maximum Gasteiger partial charge on any atom is 0.287 e. The van der Waals surface area contributed by atoms with E-state index >= 15 is 0 Å². The van der Waals surface area contributed by atoms with E-state index in [1.54, 1.807) is 0 Å². The Labute approximate surface area is 112 Å². The molecule has 0 spiro atoms. The molecule has 0 radical (unpaired) electrons. The molecule has 0 aromatic rings. The first-order chi connectivity index (χ1) is 8.27. The Morgan fingerprint density at radius 3 is 2.17 bits per heavy atom. The summed E-state index contributed by atoms with van der Waals surface area (Å²) in [5, 5.41) is 0.869. The van der Waals surface area contributed by atoms with Gasteiger partial charge in [0.25, 0.3) is 10.1 Å². The number of unbranched alkanes of at least 4 members (excludes halogenated alkanes) is 5. The van der Waals surface area contributed by atoms with Gasteiger partial charge in [-0.3, -0.25) is 4.55 Å². The zero-order chi connectivity index (χ0) is 14.1. The minimum atomic E-state index is -3.97. The summed E-state index contributed by atoms with van der Waals surface area (Å²) >= 11 is 0. The fourth-order valence-corrected chi connectivity index (χ4v) is 2.19. The second-order valence-corrected chi connectivity index (χ2v) is 6.80. The molecular formula is C13H28NO3S+. The number of hydrogen-bond acceptors (Lipinski definition) is 2.